The van der Waals surface area contributed by atoms with Gasteiger partial charge in [-0.25, -0.2) is 0 Å². The smallest absolute Gasteiger partial charge is 0.118 e. The molecular formula is C10H17N3O. The van der Waals surface area contributed by atoms with Crippen LogP contribution in [-0.2, 0) is 4.74 Å². The molecule has 0 radical (unpaired) electrons. The zero-order valence-corrected chi connectivity index (χ0v) is 8.20. The van der Waals surface area contributed by atoms with Crippen LogP contribution in [-0.4, -0.2) is 25.4 Å². The number of hydrogen-bond acceptors (Lipinski definition) is 4. The maximum atomic E-state index is 5.81. The van der Waals surface area contributed by atoms with Gasteiger partial charge in [0, 0.05) is 18.8 Å². The van der Waals surface area contributed by atoms with Crippen molar-refractivity contribution >= 4 is 0 Å². The molecule has 0 amide bonds. The van der Waals surface area contributed by atoms with Crippen molar-refractivity contribution in [1.82, 2.24) is 10.6 Å². The van der Waals surface area contributed by atoms with Crippen molar-refractivity contribution in [1.29, 1.82) is 0 Å². The molecule has 1 unspecified atom stereocenters. The SMILES string of the molecule is NC1=CC=CNC1NC[C@@H]1CCCO1. The zero-order chi connectivity index (χ0) is 9.80. The Labute approximate surface area is 84.2 Å². The summed E-state index contributed by atoms with van der Waals surface area (Å²) in [7, 11) is 0. The number of dihydropyridines is 1. The minimum absolute atomic E-state index is 0.0594. The minimum Gasteiger partial charge on any atom is -0.399 e. The molecular weight excluding hydrogens is 178 g/mol. The van der Waals surface area contributed by atoms with E-state index in [0.717, 1.165) is 25.3 Å². The molecule has 78 valence electrons. The molecule has 0 bridgehead atoms. The summed E-state index contributed by atoms with van der Waals surface area (Å²) in [4.78, 5) is 0. The van der Waals surface area contributed by atoms with E-state index in [2.05, 4.69) is 10.6 Å². The second-order valence-corrected chi connectivity index (χ2v) is 3.67. The summed E-state index contributed by atoms with van der Waals surface area (Å²) in [5, 5.41) is 6.48. The van der Waals surface area contributed by atoms with E-state index < -0.39 is 0 Å². The third-order valence-corrected chi connectivity index (χ3v) is 2.55. The van der Waals surface area contributed by atoms with Crippen LogP contribution >= 0.6 is 0 Å². The van der Waals surface area contributed by atoms with Crippen LogP contribution in [0.25, 0.3) is 0 Å². The summed E-state index contributed by atoms with van der Waals surface area (Å²) in [5.74, 6) is 0. The van der Waals surface area contributed by atoms with E-state index in [1.807, 2.05) is 18.4 Å². The van der Waals surface area contributed by atoms with Crippen LogP contribution in [0.15, 0.2) is 24.0 Å². The molecule has 14 heavy (non-hydrogen) atoms. The van der Waals surface area contributed by atoms with Gasteiger partial charge >= 0.3 is 0 Å². The van der Waals surface area contributed by atoms with Gasteiger partial charge in [-0.2, -0.15) is 0 Å². The maximum absolute atomic E-state index is 5.81. The fraction of sp³-hybridized carbons (Fsp3) is 0.600. The lowest BCUT2D eigenvalue weighted by Gasteiger charge is -2.23. The third kappa shape index (κ3) is 2.27. The van der Waals surface area contributed by atoms with Crippen molar-refractivity contribution < 1.29 is 4.74 Å². The molecule has 4 nitrogen and oxygen atoms in total. The fourth-order valence-corrected chi connectivity index (χ4v) is 1.73. The van der Waals surface area contributed by atoms with Gasteiger partial charge in [0.1, 0.15) is 6.17 Å². The minimum atomic E-state index is 0.0594. The van der Waals surface area contributed by atoms with Crippen molar-refractivity contribution in [3.63, 3.8) is 0 Å². The zero-order valence-electron chi connectivity index (χ0n) is 8.20. The summed E-state index contributed by atoms with van der Waals surface area (Å²) < 4.78 is 5.51. The standard InChI is InChI=1S/C10H17N3O/c11-9-4-1-5-12-10(9)13-7-8-3-2-6-14-8/h1,4-5,8,10,12-13H,2-3,6-7,11H2/t8-,10?/m0/s1. The molecule has 0 aromatic heterocycles. The molecule has 0 saturated carbocycles. The van der Waals surface area contributed by atoms with E-state index in [1.54, 1.807) is 0 Å². The second kappa shape index (κ2) is 4.48. The number of allylic oxidation sites excluding steroid dienone is 2. The van der Waals surface area contributed by atoms with E-state index in [9.17, 15) is 0 Å². The maximum Gasteiger partial charge on any atom is 0.118 e. The van der Waals surface area contributed by atoms with Crippen LogP contribution in [0, 0.1) is 0 Å². The Hall–Kier alpha value is -1.00. The summed E-state index contributed by atoms with van der Waals surface area (Å²) >= 11 is 0. The van der Waals surface area contributed by atoms with Crippen LogP contribution in [0.4, 0.5) is 0 Å². The summed E-state index contributed by atoms with van der Waals surface area (Å²) in [6.45, 7) is 1.76. The van der Waals surface area contributed by atoms with E-state index in [-0.39, 0.29) is 6.17 Å². The van der Waals surface area contributed by atoms with Crippen molar-refractivity contribution in [3.8, 4) is 0 Å². The van der Waals surface area contributed by atoms with Gasteiger partial charge in [0.25, 0.3) is 0 Å². The van der Waals surface area contributed by atoms with E-state index in [4.69, 9.17) is 10.5 Å². The Bertz CT molecular complexity index is 244. The number of ether oxygens (including phenoxy) is 1. The Kier molecular flexibility index (Phi) is 3.06. The fourth-order valence-electron chi connectivity index (χ4n) is 1.73. The lowest BCUT2D eigenvalue weighted by Crippen LogP contribution is -2.47. The van der Waals surface area contributed by atoms with Crippen LogP contribution in [0.1, 0.15) is 12.8 Å². The third-order valence-electron chi connectivity index (χ3n) is 2.55. The number of nitrogens with one attached hydrogen (secondary N) is 2. The van der Waals surface area contributed by atoms with Gasteiger partial charge in [0.05, 0.1) is 6.10 Å². The average Bonchev–Trinajstić information content (AvgIpc) is 2.69. The first-order valence-corrected chi connectivity index (χ1v) is 5.09. The van der Waals surface area contributed by atoms with Crippen LogP contribution in [0.3, 0.4) is 0 Å². The predicted molar refractivity (Wildman–Crippen MR) is 55.3 cm³/mol. The number of nitrogens with two attached hydrogens (primary N) is 1. The molecule has 0 aromatic carbocycles. The molecule has 1 fully saturated rings. The molecule has 2 heterocycles. The summed E-state index contributed by atoms with van der Waals surface area (Å²) in [5.41, 5.74) is 6.63. The molecule has 2 aliphatic heterocycles. The molecule has 0 aliphatic carbocycles. The molecule has 2 aliphatic rings. The molecule has 2 rings (SSSR count). The van der Waals surface area contributed by atoms with Crippen LogP contribution in [0.2, 0.25) is 0 Å². The molecule has 4 heteroatoms. The largest absolute Gasteiger partial charge is 0.399 e. The Balaban J connectivity index is 1.74. The highest BCUT2D eigenvalue weighted by Gasteiger charge is 2.18. The highest BCUT2D eigenvalue weighted by Crippen LogP contribution is 2.11. The van der Waals surface area contributed by atoms with Crippen molar-refractivity contribution in [2.45, 2.75) is 25.1 Å². The topological polar surface area (TPSA) is 59.3 Å². The molecule has 4 N–H and O–H groups in total. The Morgan fingerprint density at radius 1 is 1.64 bits per heavy atom. The summed E-state index contributed by atoms with van der Waals surface area (Å²) in [6.07, 6.45) is 8.45. The van der Waals surface area contributed by atoms with Gasteiger partial charge < -0.3 is 15.8 Å². The van der Waals surface area contributed by atoms with Gasteiger partial charge in [-0.3, -0.25) is 5.32 Å². The molecule has 2 atom stereocenters. The predicted octanol–water partition coefficient (Wildman–Crippen LogP) is 0.0406. The first-order chi connectivity index (χ1) is 6.86. The van der Waals surface area contributed by atoms with Crippen molar-refractivity contribution in [2.75, 3.05) is 13.2 Å². The van der Waals surface area contributed by atoms with Gasteiger partial charge in [-0.1, -0.05) is 0 Å². The highest BCUT2D eigenvalue weighted by atomic mass is 16.5. The first-order valence-electron chi connectivity index (χ1n) is 5.09. The molecule has 0 aromatic rings. The van der Waals surface area contributed by atoms with Crippen molar-refractivity contribution in [2.24, 2.45) is 5.73 Å². The van der Waals surface area contributed by atoms with Crippen LogP contribution in [0.5, 0.6) is 0 Å². The Morgan fingerprint density at radius 2 is 2.57 bits per heavy atom. The van der Waals surface area contributed by atoms with Gasteiger partial charge in [0.2, 0.25) is 0 Å². The normalized spacial score (nSPS) is 31.3. The van der Waals surface area contributed by atoms with Gasteiger partial charge in [-0.05, 0) is 31.2 Å². The number of rotatable bonds is 3. The van der Waals surface area contributed by atoms with Crippen LogP contribution < -0.4 is 16.4 Å². The summed E-state index contributed by atoms with van der Waals surface area (Å²) in [6, 6.07) is 0. The van der Waals surface area contributed by atoms with Crippen molar-refractivity contribution in [3.05, 3.63) is 24.0 Å². The number of hydrogen-bond donors (Lipinski definition) is 3. The molecule has 1 saturated heterocycles. The van der Waals surface area contributed by atoms with Gasteiger partial charge in [-0.15, -0.1) is 0 Å². The molecule has 0 spiro atoms. The lowest BCUT2D eigenvalue weighted by molar-refractivity contribution is 0.108. The van der Waals surface area contributed by atoms with E-state index in [1.165, 1.54) is 6.42 Å². The lowest BCUT2D eigenvalue weighted by atomic mass is 10.2. The second-order valence-electron chi connectivity index (χ2n) is 3.67. The average molecular weight is 195 g/mol. The van der Waals surface area contributed by atoms with E-state index in [0.29, 0.717) is 6.10 Å². The Morgan fingerprint density at radius 3 is 3.29 bits per heavy atom. The quantitative estimate of drug-likeness (QED) is 0.595. The highest BCUT2D eigenvalue weighted by molar-refractivity contribution is 5.19. The monoisotopic (exact) mass is 195 g/mol. The first kappa shape index (κ1) is 9.55. The van der Waals surface area contributed by atoms with E-state index >= 15 is 0 Å². The van der Waals surface area contributed by atoms with Gasteiger partial charge in [0.15, 0.2) is 0 Å².